The molecule has 124 valence electrons. The zero-order valence-electron chi connectivity index (χ0n) is 13.3. The molecular weight excluding hydrogens is 298 g/mol. The number of hydrogen-bond acceptors (Lipinski definition) is 5. The predicted octanol–water partition coefficient (Wildman–Crippen LogP) is 2.42. The molecule has 1 amide bonds. The van der Waals surface area contributed by atoms with Gasteiger partial charge in [0.1, 0.15) is 5.69 Å². The molecule has 1 N–H and O–H groups in total. The van der Waals surface area contributed by atoms with Gasteiger partial charge in [-0.25, -0.2) is 0 Å². The van der Waals surface area contributed by atoms with E-state index in [4.69, 9.17) is 4.74 Å². The zero-order chi connectivity index (χ0) is 16.6. The van der Waals surface area contributed by atoms with Gasteiger partial charge in [0.05, 0.1) is 23.7 Å². The number of morpholine rings is 1. The Kier molecular flexibility index (Phi) is 4.21. The minimum Gasteiger partial charge on any atom is -0.377 e. The second-order valence-electron chi connectivity index (χ2n) is 6.36. The number of ether oxygens (including phenoxy) is 1. The molecule has 0 bridgehead atoms. The van der Waals surface area contributed by atoms with Crippen molar-refractivity contribution in [2.75, 3.05) is 18.5 Å². The Balaban J connectivity index is 1.85. The van der Waals surface area contributed by atoms with Crippen LogP contribution in [0.25, 0.3) is 0 Å². The Bertz CT molecular complexity index is 630. The van der Waals surface area contributed by atoms with Gasteiger partial charge in [-0.1, -0.05) is 0 Å². The molecule has 3 rings (SSSR count). The van der Waals surface area contributed by atoms with Crippen LogP contribution >= 0.6 is 0 Å². The molecule has 1 heterocycles. The minimum absolute atomic E-state index is 0.0269. The first kappa shape index (κ1) is 15.7. The summed E-state index contributed by atoms with van der Waals surface area (Å²) in [4.78, 5) is 25.3. The van der Waals surface area contributed by atoms with Crippen LogP contribution in [0.1, 0.15) is 37.0 Å². The Hall–Kier alpha value is -2.15. The van der Waals surface area contributed by atoms with E-state index in [2.05, 4.69) is 5.32 Å². The highest BCUT2D eigenvalue weighted by Crippen LogP contribution is 2.32. The number of rotatable bonds is 4. The van der Waals surface area contributed by atoms with Crippen molar-refractivity contribution in [3.05, 3.63) is 33.9 Å². The van der Waals surface area contributed by atoms with Crippen LogP contribution in [0.5, 0.6) is 0 Å². The lowest BCUT2D eigenvalue weighted by atomic mass is 10.1. The number of carbonyl (C=O) groups excluding carboxylic acids is 1. The maximum atomic E-state index is 12.7. The monoisotopic (exact) mass is 319 g/mol. The average Bonchev–Trinajstić information content (AvgIpc) is 3.33. The predicted molar refractivity (Wildman–Crippen MR) is 85.7 cm³/mol. The fourth-order valence-electron chi connectivity index (χ4n) is 2.74. The molecular formula is C16H21N3O4. The van der Waals surface area contributed by atoms with Gasteiger partial charge in [-0.05, 0) is 38.8 Å². The molecule has 2 atom stereocenters. The highest BCUT2D eigenvalue weighted by Gasteiger charge is 2.30. The Morgan fingerprint density at radius 2 is 2.13 bits per heavy atom. The van der Waals surface area contributed by atoms with Crippen LogP contribution in [0.15, 0.2) is 18.2 Å². The van der Waals surface area contributed by atoms with Gasteiger partial charge in [0.2, 0.25) is 0 Å². The third-order valence-electron chi connectivity index (χ3n) is 4.25. The summed E-state index contributed by atoms with van der Waals surface area (Å²) in [6, 6.07) is 4.95. The minimum atomic E-state index is -0.438. The molecule has 2 fully saturated rings. The largest absolute Gasteiger partial charge is 0.377 e. The van der Waals surface area contributed by atoms with Crippen molar-refractivity contribution in [1.29, 1.82) is 0 Å². The molecule has 1 aliphatic heterocycles. The smallest absolute Gasteiger partial charge is 0.293 e. The van der Waals surface area contributed by atoms with E-state index in [1.807, 2.05) is 13.8 Å². The average molecular weight is 319 g/mol. The summed E-state index contributed by atoms with van der Waals surface area (Å²) in [5.74, 6) is -0.186. The number of nitro benzene ring substituents is 1. The van der Waals surface area contributed by atoms with Crippen molar-refractivity contribution < 1.29 is 14.5 Å². The number of nitrogens with one attached hydrogen (secondary N) is 1. The molecule has 1 aromatic rings. The second kappa shape index (κ2) is 6.16. The van der Waals surface area contributed by atoms with Gasteiger partial charge < -0.3 is 15.0 Å². The van der Waals surface area contributed by atoms with E-state index in [1.165, 1.54) is 6.07 Å². The van der Waals surface area contributed by atoms with E-state index in [0.29, 0.717) is 30.4 Å². The first-order valence-electron chi connectivity index (χ1n) is 7.93. The van der Waals surface area contributed by atoms with E-state index in [-0.39, 0.29) is 23.7 Å². The van der Waals surface area contributed by atoms with Gasteiger partial charge in [0.25, 0.3) is 11.6 Å². The number of hydrogen-bond donors (Lipinski definition) is 1. The molecule has 23 heavy (non-hydrogen) atoms. The van der Waals surface area contributed by atoms with Crippen molar-refractivity contribution in [1.82, 2.24) is 4.90 Å². The third kappa shape index (κ3) is 3.44. The summed E-state index contributed by atoms with van der Waals surface area (Å²) in [6.07, 6.45) is 2.03. The normalized spacial score (nSPS) is 24.3. The van der Waals surface area contributed by atoms with E-state index in [9.17, 15) is 14.9 Å². The lowest BCUT2D eigenvalue weighted by Crippen LogP contribution is -2.50. The van der Waals surface area contributed by atoms with Gasteiger partial charge in [-0.15, -0.1) is 0 Å². The molecule has 1 saturated carbocycles. The van der Waals surface area contributed by atoms with Gasteiger partial charge >= 0.3 is 0 Å². The van der Waals surface area contributed by atoms with E-state index < -0.39 is 4.92 Å². The number of carbonyl (C=O) groups is 1. The summed E-state index contributed by atoms with van der Waals surface area (Å²) in [5.41, 5.74) is 0.785. The van der Waals surface area contributed by atoms with Crippen molar-refractivity contribution >= 4 is 17.3 Å². The molecule has 0 aromatic heterocycles. The summed E-state index contributed by atoms with van der Waals surface area (Å²) >= 11 is 0. The standard InChI is InChI=1S/C16H21N3O4/c1-10-9-23-11(2)8-18(10)16(20)12-3-6-14(17-13-4-5-13)15(7-12)19(21)22/h3,6-7,10-11,13,17H,4-5,8-9H2,1-2H3. The Morgan fingerprint density at radius 1 is 1.39 bits per heavy atom. The molecule has 2 unspecified atom stereocenters. The quantitative estimate of drug-likeness (QED) is 0.680. The number of nitrogens with zero attached hydrogens (tertiary/aromatic N) is 2. The summed E-state index contributed by atoms with van der Waals surface area (Å²) in [7, 11) is 0. The Labute approximate surface area is 134 Å². The van der Waals surface area contributed by atoms with Gasteiger partial charge in [0, 0.05) is 24.2 Å². The molecule has 7 nitrogen and oxygen atoms in total. The highest BCUT2D eigenvalue weighted by molar-refractivity contribution is 5.96. The fourth-order valence-corrected chi connectivity index (χ4v) is 2.74. The summed E-state index contributed by atoms with van der Waals surface area (Å²) < 4.78 is 5.53. The van der Waals surface area contributed by atoms with Crippen LogP contribution in [0.2, 0.25) is 0 Å². The SMILES string of the molecule is CC1CN(C(=O)c2ccc(NC3CC3)c([N+](=O)[O-])c2)C(C)CO1. The van der Waals surface area contributed by atoms with Crippen LogP contribution in [-0.2, 0) is 4.74 Å². The van der Waals surface area contributed by atoms with Crippen molar-refractivity contribution in [2.24, 2.45) is 0 Å². The topological polar surface area (TPSA) is 84.7 Å². The van der Waals surface area contributed by atoms with E-state index >= 15 is 0 Å². The molecule has 1 aliphatic carbocycles. The van der Waals surface area contributed by atoms with Crippen LogP contribution in [0.3, 0.4) is 0 Å². The zero-order valence-corrected chi connectivity index (χ0v) is 13.3. The third-order valence-corrected chi connectivity index (χ3v) is 4.25. The van der Waals surface area contributed by atoms with Crippen molar-refractivity contribution in [3.8, 4) is 0 Å². The van der Waals surface area contributed by atoms with Crippen LogP contribution in [-0.4, -0.2) is 47.1 Å². The van der Waals surface area contributed by atoms with Crippen LogP contribution < -0.4 is 5.32 Å². The molecule has 1 saturated heterocycles. The molecule has 7 heteroatoms. The fraction of sp³-hybridized carbons (Fsp3) is 0.562. The highest BCUT2D eigenvalue weighted by atomic mass is 16.6. The van der Waals surface area contributed by atoms with Crippen LogP contribution in [0.4, 0.5) is 11.4 Å². The summed E-state index contributed by atoms with van der Waals surface area (Å²) in [6.45, 7) is 4.81. The molecule has 2 aliphatic rings. The van der Waals surface area contributed by atoms with Gasteiger partial charge in [0.15, 0.2) is 0 Å². The first-order chi connectivity index (χ1) is 11.0. The van der Waals surface area contributed by atoms with E-state index in [0.717, 1.165) is 12.8 Å². The number of benzene rings is 1. The van der Waals surface area contributed by atoms with Gasteiger partial charge in [-0.2, -0.15) is 0 Å². The van der Waals surface area contributed by atoms with Gasteiger partial charge in [-0.3, -0.25) is 14.9 Å². The second-order valence-corrected chi connectivity index (χ2v) is 6.36. The van der Waals surface area contributed by atoms with Crippen molar-refractivity contribution in [2.45, 2.75) is 44.9 Å². The molecule has 0 radical (unpaired) electrons. The number of anilines is 1. The number of nitro groups is 1. The first-order valence-corrected chi connectivity index (χ1v) is 7.93. The lowest BCUT2D eigenvalue weighted by molar-refractivity contribution is -0.384. The Morgan fingerprint density at radius 3 is 2.78 bits per heavy atom. The summed E-state index contributed by atoms with van der Waals surface area (Å²) in [5, 5.41) is 14.5. The maximum Gasteiger partial charge on any atom is 0.293 e. The van der Waals surface area contributed by atoms with Crippen LogP contribution in [0, 0.1) is 10.1 Å². The number of amides is 1. The maximum absolute atomic E-state index is 12.7. The van der Waals surface area contributed by atoms with E-state index in [1.54, 1.807) is 17.0 Å². The molecule has 0 spiro atoms. The molecule has 1 aromatic carbocycles. The van der Waals surface area contributed by atoms with Crippen molar-refractivity contribution in [3.63, 3.8) is 0 Å². The lowest BCUT2D eigenvalue weighted by Gasteiger charge is -2.36.